The predicted molar refractivity (Wildman–Crippen MR) is 96.9 cm³/mol. The second-order valence-electron chi connectivity index (χ2n) is 6.27. The fourth-order valence-corrected chi connectivity index (χ4v) is 3.26. The van der Waals surface area contributed by atoms with Gasteiger partial charge in [0.25, 0.3) is 5.91 Å². The van der Waals surface area contributed by atoms with Crippen molar-refractivity contribution in [3.05, 3.63) is 60.2 Å². The molecule has 1 saturated heterocycles. The summed E-state index contributed by atoms with van der Waals surface area (Å²) in [6.45, 7) is 2.49. The summed E-state index contributed by atoms with van der Waals surface area (Å²) in [6, 6.07) is 9.58. The molecular formula is C19H21N5O. The van der Waals surface area contributed by atoms with Gasteiger partial charge >= 0.3 is 0 Å². The van der Waals surface area contributed by atoms with Gasteiger partial charge in [-0.3, -0.25) is 4.79 Å². The van der Waals surface area contributed by atoms with E-state index in [9.17, 15) is 4.79 Å². The van der Waals surface area contributed by atoms with Gasteiger partial charge in [0, 0.05) is 44.6 Å². The lowest BCUT2D eigenvalue weighted by atomic mass is 10.2. The molecule has 0 unspecified atom stereocenters. The molecule has 0 radical (unpaired) electrons. The zero-order valence-electron chi connectivity index (χ0n) is 14.1. The third kappa shape index (κ3) is 3.33. The van der Waals surface area contributed by atoms with Crippen molar-refractivity contribution in [3.8, 4) is 0 Å². The Morgan fingerprint density at radius 1 is 1.16 bits per heavy atom. The van der Waals surface area contributed by atoms with Crippen LogP contribution in [0.25, 0.3) is 5.65 Å². The number of pyridine rings is 2. The van der Waals surface area contributed by atoms with Crippen LogP contribution >= 0.6 is 0 Å². The van der Waals surface area contributed by atoms with E-state index in [0.717, 1.165) is 43.1 Å². The molecule has 6 nitrogen and oxygen atoms in total. The first-order valence-corrected chi connectivity index (χ1v) is 8.72. The van der Waals surface area contributed by atoms with Gasteiger partial charge in [0.05, 0.1) is 11.3 Å². The van der Waals surface area contributed by atoms with Crippen LogP contribution in [0.4, 0.5) is 5.82 Å². The van der Waals surface area contributed by atoms with E-state index in [1.807, 2.05) is 47.1 Å². The fourth-order valence-electron chi connectivity index (χ4n) is 3.26. The summed E-state index contributed by atoms with van der Waals surface area (Å²) in [4.78, 5) is 23.8. The third-order valence-corrected chi connectivity index (χ3v) is 4.52. The number of carbonyl (C=O) groups excluding carboxylic acids is 1. The van der Waals surface area contributed by atoms with Crippen LogP contribution in [-0.2, 0) is 6.42 Å². The maximum absolute atomic E-state index is 12.6. The molecule has 1 aliphatic rings. The van der Waals surface area contributed by atoms with Crippen molar-refractivity contribution >= 4 is 17.4 Å². The standard InChI is InChI=1S/C19H21N5O/c25-19(16-6-5-9-20-18(16)23-11-3-4-12-23)21-10-8-15-14-24-13-2-1-7-17(24)22-15/h1-2,5-7,9,13-14H,3-4,8,10-12H2,(H,21,25). The van der Waals surface area contributed by atoms with E-state index in [1.54, 1.807) is 6.20 Å². The lowest BCUT2D eigenvalue weighted by Crippen LogP contribution is -2.29. The summed E-state index contributed by atoms with van der Waals surface area (Å²) >= 11 is 0. The highest BCUT2D eigenvalue weighted by Gasteiger charge is 2.20. The zero-order chi connectivity index (χ0) is 17.1. The molecule has 1 fully saturated rings. The van der Waals surface area contributed by atoms with Gasteiger partial charge in [0.1, 0.15) is 11.5 Å². The number of nitrogens with one attached hydrogen (secondary N) is 1. The molecule has 128 valence electrons. The van der Waals surface area contributed by atoms with Gasteiger partial charge in [-0.1, -0.05) is 6.07 Å². The number of aromatic nitrogens is 3. The van der Waals surface area contributed by atoms with Crippen LogP contribution in [0.2, 0.25) is 0 Å². The first-order chi connectivity index (χ1) is 12.3. The molecule has 1 amide bonds. The smallest absolute Gasteiger partial charge is 0.255 e. The normalized spacial score (nSPS) is 14.2. The van der Waals surface area contributed by atoms with E-state index in [2.05, 4.69) is 20.2 Å². The number of hydrogen-bond acceptors (Lipinski definition) is 4. The number of fused-ring (bicyclic) bond motifs is 1. The van der Waals surface area contributed by atoms with Crippen molar-refractivity contribution in [2.45, 2.75) is 19.3 Å². The van der Waals surface area contributed by atoms with Crippen molar-refractivity contribution in [3.63, 3.8) is 0 Å². The van der Waals surface area contributed by atoms with Crippen LogP contribution in [0.15, 0.2) is 48.9 Å². The Hall–Kier alpha value is -2.89. The molecule has 0 spiro atoms. The zero-order valence-corrected chi connectivity index (χ0v) is 14.1. The van der Waals surface area contributed by atoms with Crippen LogP contribution in [0.3, 0.4) is 0 Å². The summed E-state index contributed by atoms with van der Waals surface area (Å²) in [7, 11) is 0. The Bertz CT molecular complexity index is 849. The summed E-state index contributed by atoms with van der Waals surface area (Å²) in [5.41, 5.74) is 2.55. The van der Waals surface area contributed by atoms with Crippen LogP contribution in [0.5, 0.6) is 0 Å². The van der Waals surface area contributed by atoms with Gasteiger partial charge in [-0.15, -0.1) is 0 Å². The van der Waals surface area contributed by atoms with E-state index >= 15 is 0 Å². The van der Waals surface area contributed by atoms with Gasteiger partial charge in [0.2, 0.25) is 0 Å². The molecule has 6 heteroatoms. The summed E-state index contributed by atoms with van der Waals surface area (Å²) in [6.07, 6.45) is 8.74. The quantitative estimate of drug-likeness (QED) is 0.777. The topological polar surface area (TPSA) is 62.5 Å². The van der Waals surface area contributed by atoms with Crippen LogP contribution in [0, 0.1) is 0 Å². The fraction of sp³-hybridized carbons (Fsp3) is 0.316. The molecule has 0 bridgehead atoms. The molecule has 25 heavy (non-hydrogen) atoms. The number of rotatable bonds is 5. The maximum atomic E-state index is 12.6. The van der Waals surface area contributed by atoms with Gasteiger partial charge in [-0.25, -0.2) is 9.97 Å². The minimum Gasteiger partial charge on any atom is -0.356 e. The Balaban J connectivity index is 1.40. The number of amides is 1. The Labute approximate surface area is 146 Å². The molecule has 1 N–H and O–H groups in total. The Morgan fingerprint density at radius 3 is 2.88 bits per heavy atom. The number of carbonyl (C=O) groups is 1. The minimum atomic E-state index is -0.0706. The second kappa shape index (κ2) is 6.93. The van der Waals surface area contributed by atoms with Gasteiger partial charge < -0.3 is 14.6 Å². The van der Waals surface area contributed by atoms with Gasteiger partial charge in [-0.2, -0.15) is 0 Å². The molecule has 0 saturated carbocycles. The second-order valence-corrected chi connectivity index (χ2v) is 6.27. The van der Waals surface area contributed by atoms with E-state index in [1.165, 1.54) is 0 Å². The first kappa shape index (κ1) is 15.6. The highest BCUT2D eigenvalue weighted by molar-refractivity contribution is 5.98. The Kier molecular flexibility index (Phi) is 4.33. The van der Waals surface area contributed by atoms with Crippen LogP contribution in [-0.4, -0.2) is 39.9 Å². The lowest BCUT2D eigenvalue weighted by Gasteiger charge is -2.19. The number of anilines is 1. The average Bonchev–Trinajstić information content (AvgIpc) is 3.31. The van der Waals surface area contributed by atoms with E-state index in [0.29, 0.717) is 18.5 Å². The molecule has 3 aromatic heterocycles. The summed E-state index contributed by atoms with van der Waals surface area (Å²) in [5.74, 6) is 0.726. The van der Waals surface area contributed by atoms with Crippen LogP contribution < -0.4 is 10.2 Å². The molecule has 3 aromatic rings. The van der Waals surface area contributed by atoms with Crippen molar-refractivity contribution in [1.82, 2.24) is 19.7 Å². The minimum absolute atomic E-state index is 0.0706. The molecule has 0 aliphatic carbocycles. The molecule has 1 aliphatic heterocycles. The molecular weight excluding hydrogens is 314 g/mol. The predicted octanol–water partition coefficient (Wildman–Crippen LogP) is 2.30. The molecule has 0 aromatic carbocycles. The van der Waals surface area contributed by atoms with E-state index < -0.39 is 0 Å². The van der Waals surface area contributed by atoms with E-state index in [-0.39, 0.29) is 5.91 Å². The highest BCUT2D eigenvalue weighted by Crippen LogP contribution is 2.21. The van der Waals surface area contributed by atoms with Crippen molar-refractivity contribution in [1.29, 1.82) is 0 Å². The molecule has 4 heterocycles. The maximum Gasteiger partial charge on any atom is 0.255 e. The van der Waals surface area contributed by atoms with E-state index in [4.69, 9.17) is 0 Å². The van der Waals surface area contributed by atoms with Gasteiger partial charge in [-0.05, 0) is 37.1 Å². The van der Waals surface area contributed by atoms with Crippen molar-refractivity contribution in [2.75, 3.05) is 24.5 Å². The monoisotopic (exact) mass is 335 g/mol. The molecule has 4 rings (SSSR count). The summed E-state index contributed by atoms with van der Waals surface area (Å²) < 4.78 is 1.99. The number of imidazole rings is 1. The van der Waals surface area contributed by atoms with Crippen LogP contribution in [0.1, 0.15) is 28.9 Å². The number of hydrogen-bond donors (Lipinski definition) is 1. The number of nitrogens with zero attached hydrogens (tertiary/aromatic N) is 4. The highest BCUT2D eigenvalue weighted by atomic mass is 16.1. The first-order valence-electron chi connectivity index (χ1n) is 8.72. The largest absolute Gasteiger partial charge is 0.356 e. The lowest BCUT2D eigenvalue weighted by molar-refractivity contribution is 0.0954. The Morgan fingerprint density at radius 2 is 2.04 bits per heavy atom. The SMILES string of the molecule is O=C(NCCc1cn2ccccc2n1)c1cccnc1N1CCCC1. The molecule has 0 atom stereocenters. The third-order valence-electron chi connectivity index (χ3n) is 4.52. The van der Waals surface area contributed by atoms with Gasteiger partial charge in [0.15, 0.2) is 0 Å². The summed E-state index contributed by atoms with van der Waals surface area (Å²) in [5, 5.41) is 3.00. The average molecular weight is 335 g/mol. The van der Waals surface area contributed by atoms with Crippen molar-refractivity contribution in [2.24, 2.45) is 0 Å². The van der Waals surface area contributed by atoms with Crippen molar-refractivity contribution < 1.29 is 4.79 Å².